The number of guanidine groups is 1. The van der Waals surface area contributed by atoms with E-state index in [9.17, 15) is 0 Å². The van der Waals surface area contributed by atoms with Gasteiger partial charge < -0.3 is 20.5 Å². The molecule has 0 radical (unpaired) electrons. The lowest BCUT2D eigenvalue weighted by Gasteiger charge is -2.15. The number of H-pyrrole nitrogens is 1. The number of methoxy groups -OCH3 is 2. The Morgan fingerprint density at radius 1 is 1.07 bits per heavy atom. The average Bonchev–Trinajstić information content (AvgIpc) is 3.19. The predicted molar refractivity (Wildman–Crippen MR) is 113 cm³/mol. The molecule has 1 aliphatic heterocycles. The van der Waals surface area contributed by atoms with Gasteiger partial charge in [-0.3, -0.25) is 5.10 Å². The van der Waals surface area contributed by atoms with E-state index in [1.54, 1.807) is 30.9 Å². The SMILES string of the molecule is COc1cc(OC)c(Cl)c(-c2cc3c(c(-c4cn[nH]c4)n2)=CNC(N)=NC=3)c1Cl. The van der Waals surface area contributed by atoms with Gasteiger partial charge >= 0.3 is 0 Å². The summed E-state index contributed by atoms with van der Waals surface area (Å²) in [7, 11) is 3.04. The van der Waals surface area contributed by atoms with Crippen LogP contribution in [-0.2, 0) is 0 Å². The van der Waals surface area contributed by atoms with Crippen LogP contribution in [-0.4, -0.2) is 35.4 Å². The Morgan fingerprint density at radius 3 is 2.41 bits per heavy atom. The fraction of sp³-hybridized carbons (Fsp3) is 0.105. The van der Waals surface area contributed by atoms with E-state index in [1.807, 2.05) is 6.07 Å². The molecule has 2 aromatic heterocycles. The largest absolute Gasteiger partial charge is 0.495 e. The Bertz CT molecular complexity index is 1210. The Kier molecular flexibility index (Phi) is 5.04. The summed E-state index contributed by atoms with van der Waals surface area (Å²) in [4.78, 5) is 9.01. The van der Waals surface area contributed by atoms with E-state index in [-0.39, 0.29) is 5.96 Å². The van der Waals surface area contributed by atoms with E-state index in [2.05, 4.69) is 20.5 Å². The van der Waals surface area contributed by atoms with Gasteiger partial charge in [-0.1, -0.05) is 23.2 Å². The summed E-state index contributed by atoms with van der Waals surface area (Å²) in [5.41, 5.74) is 8.25. The van der Waals surface area contributed by atoms with Gasteiger partial charge in [0.15, 0.2) is 5.96 Å². The molecule has 0 amide bonds. The van der Waals surface area contributed by atoms with Crippen LogP contribution in [0.3, 0.4) is 0 Å². The van der Waals surface area contributed by atoms with Gasteiger partial charge in [0.05, 0.1) is 41.8 Å². The molecule has 0 bridgehead atoms. The third-order valence-electron chi connectivity index (χ3n) is 4.40. The molecule has 3 heterocycles. The lowest BCUT2D eigenvalue weighted by molar-refractivity contribution is 0.395. The zero-order chi connectivity index (χ0) is 20.5. The van der Waals surface area contributed by atoms with Crippen molar-refractivity contribution < 1.29 is 9.47 Å². The Morgan fingerprint density at radius 2 is 1.79 bits per heavy atom. The third kappa shape index (κ3) is 3.37. The first-order valence-electron chi connectivity index (χ1n) is 8.44. The van der Waals surface area contributed by atoms with E-state index >= 15 is 0 Å². The fourth-order valence-electron chi connectivity index (χ4n) is 2.99. The summed E-state index contributed by atoms with van der Waals surface area (Å²) in [6.45, 7) is 0. The fourth-order valence-corrected chi connectivity index (χ4v) is 3.69. The second-order valence-electron chi connectivity index (χ2n) is 6.06. The number of nitrogens with zero attached hydrogens (tertiary/aromatic N) is 3. The average molecular weight is 431 g/mol. The van der Waals surface area contributed by atoms with Crippen molar-refractivity contribution in [3.8, 4) is 34.0 Å². The molecular formula is C19H16Cl2N6O2. The minimum atomic E-state index is 0.264. The number of hydrogen-bond acceptors (Lipinski definition) is 7. The van der Waals surface area contributed by atoms with Gasteiger partial charge in [-0.25, -0.2) is 9.98 Å². The number of nitrogens with one attached hydrogen (secondary N) is 2. The minimum absolute atomic E-state index is 0.264. The standard InChI is InChI=1S/C19H16Cl2N6O2/c1-28-13-4-14(29-2)17(21)15(16(13)20)12-3-9-5-23-19(22)24-8-11(9)18(27-12)10-6-25-26-7-10/h3-8H,1-2H3,(H,25,26)(H3,22,23,24). The third-order valence-corrected chi connectivity index (χ3v) is 5.15. The van der Waals surface area contributed by atoms with Crippen LogP contribution >= 0.6 is 23.2 Å². The van der Waals surface area contributed by atoms with Gasteiger partial charge in [0.2, 0.25) is 0 Å². The number of rotatable bonds is 4. The number of aliphatic imine (C=N–C) groups is 1. The molecule has 1 aromatic carbocycles. The molecule has 148 valence electrons. The molecule has 0 unspecified atom stereocenters. The molecule has 1 aliphatic rings. The molecule has 0 fully saturated rings. The second-order valence-corrected chi connectivity index (χ2v) is 6.82. The van der Waals surface area contributed by atoms with Gasteiger partial charge in [-0.2, -0.15) is 5.10 Å². The van der Waals surface area contributed by atoms with Gasteiger partial charge in [0.1, 0.15) is 11.5 Å². The number of aromatic amines is 1. The number of halogens is 2. The highest BCUT2D eigenvalue weighted by Gasteiger charge is 2.21. The van der Waals surface area contributed by atoms with Gasteiger partial charge in [0.25, 0.3) is 0 Å². The summed E-state index contributed by atoms with van der Waals surface area (Å²) < 4.78 is 10.8. The van der Waals surface area contributed by atoms with E-state index in [0.717, 1.165) is 16.0 Å². The first kappa shape index (κ1) is 19.1. The Labute approximate surface area is 175 Å². The van der Waals surface area contributed by atoms with Crippen molar-refractivity contribution in [2.24, 2.45) is 10.7 Å². The maximum atomic E-state index is 6.59. The van der Waals surface area contributed by atoms with Crippen LogP contribution in [0.5, 0.6) is 11.5 Å². The smallest absolute Gasteiger partial charge is 0.197 e. The Balaban J connectivity index is 2.09. The van der Waals surface area contributed by atoms with Crippen LogP contribution in [0, 0.1) is 0 Å². The van der Waals surface area contributed by atoms with Crippen LogP contribution in [0.15, 0.2) is 29.5 Å². The molecule has 10 heteroatoms. The van der Waals surface area contributed by atoms with Crippen LogP contribution in [0.2, 0.25) is 10.0 Å². The summed E-state index contributed by atoms with van der Waals surface area (Å²) in [5.74, 6) is 1.10. The molecule has 3 aromatic rings. The first-order valence-corrected chi connectivity index (χ1v) is 9.19. The van der Waals surface area contributed by atoms with Crippen LogP contribution < -0.4 is 31.0 Å². The van der Waals surface area contributed by atoms with Crippen molar-refractivity contribution in [1.82, 2.24) is 20.5 Å². The van der Waals surface area contributed by atoms with E-state index in [4.69, 9.17) is 43.4 Å². The van der Waals surface area contributed by atoms with Crippen molar-refractivity contribution in [2.45, 2.75) is 0 Å². The molecule has 4 rings (SSSR count). The monoisotopic (exact) mass is 430 g/mol. The quantitative estimate of drug-likeness (QED) is 0.582. The summed E-state index contributed by atoms with van der Waals surface area (Å²) in [6, 6.07) is 3.45. The van der Waals surface area contributed by atoms with Crippen molar-refractivity contribution >= 4 is 41.6 Å². The molecule has 29 heavy (non-hydrogen) atoms. The van der Waals surface area contributed by atoms with Crippen molar-refractivity contribution in [3.63, 3.8) is 0 Å². The van der Waals surface area contributed by atoms with Gasteiger partial charge in [-0.05, 0) is 6.07 Å². The van der Waals surface area contributed by atoms with E-state index in [0.29, 0.717) is 38.5 Å². The second kappa shape index (κ2) is 7.65. The zero-order valence-electron chi connectivity index (χ0n) is 15.5. The number of pyridine rings is 1. The van der Waals surface area contributed by atoms with E-state index in [1.165, 1.54) is 14.2 Å². The highest BCUT2D eigenvalue weighted by Crippen LogP contribution is 2.45. The van der Waals surface area contributed by atoms with Crippen molar-refractivity contribution in [1.29, 1.82) is 0 Å². The van der Waals surface area contributed by atoms with Crippen LogP contribution in [0.4, 0.5) is 0 Å². The lowest BCUT2D eigenvalue weighted by atomic mass is 10.1. The summed E-state index contributed by atoms with van der Waals surface area (Å²) in [5, 5.41) is 12.0. The number of nitrogens with two attached hydrogens (primary N) is 1. The molecule has 0 saturated heterocycles. The molecule has 0 saturated carbocycles. The topological polar surface area (TPSA) is 110 Å². The van der Waals surface area contributed by atoms with Crippen LogP contribution in [0.25, 0.3) is 34.9 Å². The maximum absolute atomic E-state index is 6.59. The molecule has 8 nitrogen and oxygen atoms in total. The number of benzene rings is 1. The van der Waals surface area contributed by atoms with Crippen molar-refractivity contribution in [3.05, 3.63) is 45.0 Å². The highest BCUT2D eigenvalue weighted by atomic mass is 35.5. The molecule has 4 N–H and O–H groups in total. The maximum Gasteiger partial charge on any atom is 0.197 e. The number of aromatic nitrogens is 3. The zero-order valence-corrected chi connectivity index (χ0v) is 17.0. The molecule has 0 spiro atoms. The summed E-state index contributed by atoms with van der Waals surface area (Å²) in [6.07, 6.45) is 6.80. The number of hydrogen-bond donors (Lipinski definition) is 3. The molecule has 0 atom stereocenters. The van der Waals surface area contributed by atoms with Crippen LogP contribution in [0.1, 0.15) is 0 Å². The minimum Gasteiger partial charge on any atom is -0.495 e. The lowest BCUT2D eigenvalue weighted by Crippen LogP contribution is -2.32. The van der Waals surface area contributed by atoms with Crippen molar-refractivity contribution in [2.75, 3.05) is 14.2 Å². The molecular weight excluding hydrogens is 415 g/mol. The molecule has 0 aliphatic carbocycles. The first-order chi connectivity index (χ1) is 14.0. The highest BCUT2D eigenvalue weighted by molar-refractivity contribution is 6.41. The van der Waals surface area contributed by atoms with E-state index < -0.39 is 0 Å². The number of fused-ring (bicyclic) bond motifs is 1. The summed E-state index contributed by atoms with van der Waals surface area (Å²) >= 11 is 13.2. The van der Waals surface area contributed by atoms with Gasteiger partial charge in [-0.15, -0.1) is 0 Å². The number of ether oxygens (including phenoxy) is 2. The van der Waals surface area contributed by atoms with Gasteiger partial charge in [0, 0.05) is 46.2 Å². The Hall–Kier alpha value is -3.23. The predicted octanol–water partition coefficient (Wildman–Crippen LogP) is 1.86. The normalized spacial score (nSPS) is 12.6.